The molecule has 0 fully saturated rings. The second-order valence-corrected chi connectivity index (χ2v) is 8.61. The molecule has 0 aliphatic heterocycles. The van der Waals surface area contributed by atoms with E-state index in [0.717, 1.165) is 27.9 Å². The van der Waals surface area contributed by atoms with Crippen molar-refractivity contribution in [1.29, 1.82) is 0 Å². The van der Waals surface area contributed by atoms with Crippen LogP contribution in [-0.2, 0) is 17.8 Å². The van der Waals surface area contributed by atoms with Crippen molar-refractivity contribution in [1.82, 2.24) is 23.9 Å². The van der Waals surface area contributed by atoms with E-state index in [1.54, 1.807) is 16.8 Å². The molecule has 11 heteroatoms. The molecule has 0 aliphatic carbocycles. The fourth-order valence-corrected chi connectivity index (χ4v) is 4.01. The first kappa shape index (κ1) is 21.1. The lowest BCUT2D eigenvalue weighted by atomic mass is 10.0. The van der Waals surface area contributed by atoms with Crippen molar-refractivity contribution in [3.63, 3.8) is 0 Å². The van der Waals surface area contributed by atoms with Crippen LogP contribution < -0.4 is 11.1 Å². The van der Waals surface area contributed by atoms with Crippen molar-refractivity contribution in [2.75, 3.05) is 12.4 Å². The lowest BCUT2D eigenvalue weighted by Crippen LogP contribution is -2.20. The average Bonchev–Trinajstić information content (AvgIpc) is 3.39. The highest BCUT2D eigenvalue weighted by Crippen LogP contribution is 2.28. The van der Waals surface area contributed by atoms with Gasteiger partial charge in [0.15, 0.2) is 5.58 Å². The second kappa shape index (κ2) is 8.28. The molecule has 0 bridgehead atoms. The van der Waals surface area contributed by atoms with Crippen LogP contribution in [0.3, 0.4) is 0 Å². The maximum Gasteiger partial charge on any atom is 0.417 e. The Morgan fingerprint density at radius 1 is 1.21 bits per heavy atom. The Balaban J connectivity index is 1.54. The van der Waals surface area contributed by atoms with Gasteiger partial charge in [-0.1, -0.05) is 24.3 Å². The Hall–Kier alpha value is -3.80. The lowest BCUT2D eigenvalue weighted by molar-refractivity contribution is 0.431. The van der Waals surface area contributed by atoms with E-state index >= 15 is 0 Å². The number of nitrogens with one attached hydrogen (secondary N) is 2. The molecule has 2 N–H and O–H groups in total. The van der Waals surface area contributed by atoms with E-state index in [1.807, 2.05) is 49.4 Å². The Morgan fingerprint density at radius 2 is 2.03 bits per heavy atom. The predicted octanol–water partition coefficient (Wildman–Crippen LogP) is 3.11. The van der Waals surface area contributed by atoms with E-state index in [9.17, 15) is 13.6 Å². The number of rotatable bonds is 6. The van der Waals surface area contributed by atoms with Crippen molar-refractivity contribution >= 4 is 39.5 Å². The smallest absolute Gasteiger partial charge is 0.417 e. The molecule has 5 aromatic rings. The van der Waals surface area contributed by atoms with Gasteiger partial charge in [-0.25, -0.2) is 18.6 Å². The molecule has 0 saturated carbocycles. The molecule has 5 rings (SSSR count). The zero-order chi connectivity index (χ0) is 23.1. The van der Waals surface area contributed by atoms with E-state index in [0.29, 0.717) is 22.7 Å². The molecule has 0 amide bonds. The van der Waals surface area contributed by atoms with Crippen LogP contribution in [0.1, 0.15) is 11.1 Å². The second-order valence-electron chi connectivity index (χ2n) is 7.55. The van der Waals surface area contributed by atoms with Crippen LogP contribution in [0.4, 0.5) is 11.6 Å². The molecule has 0 radical (unpaired) electrons. The van der Waals surface area contributed by atoms with Crippen LogP contribution in [0.25, 0.3) is 27.9 Å². The van der Waals surface area contributed by atoms with Crippen molar-refractivity contribution in [3.8, 4) is 11.3 Å². The van der Waals surface area contributed by atoms with Gasteiger partial charge < -0.3 is 14.3 Å². The van der Waals surface area contributed by atoms with Crippen LogP contribution >= 0.6 is 0 Å². The summed E-state index contributed by atoms with van der Waals surface area (Å²) >= 11 is -2.32. The number of anilines is 2. The molecule has 168 valence electrons. The average molecular weight is 463 g/mol. The third-order valence-corrected chi connectivity index (χ3v) is 6.06. The fourth-order valence-electron chi connectivity index (χ4n) is 3.77. The Morgan fingerprint density at radius 3 is 2.85 bits per heavy atom. The fraction of sp³-hybridized carbons (Fsp3) is 0.136. The quantitative estimate of drug-likeness (QED) is 0.370. The van der Waals surface area contributed by atoms with Gasteiger partial charge in [0.05, 0.1) is 22.9 Å². The Bertz CT molecular complexity index is 1570. The molecule has 1 atom stereocenters. The summed E-state index contributed by atoms with van der Waals surface area (Å²) in [4.78, 5) is 18.6. The minimum Gasteiger partial charge on any atom is -0.760 e. The summed E-state index contributed by atoms with van der Waals surface area (Å²) in [5, 5.41) is 7.83. The van der Waals surface area contributed by atoms with Gasteiger partial charge in [-0.15, -0.1) is 5.10 Å². The van der Waals surface area contributed by atoms with E-state index in [2.05, 4.69) is 20.4 Å². The van der Waals surface area contributed by atoms with Gasteiger partial charge in [0, 0.05) is 34.6 Å². The van der Waals surface area contributed by atoms with Crippen molar-refractivity contribution in [2.24, 2.45) is 0 Å². The highest BCUT2D eigenvalue weighted by atomic mass is 32.2. The van der Waals surface area contributed by atoms with Gasteiger partial charge in [-0.05, 0) is 43.8 Å². The number of aromatic amines is 1. The first-order valence-corrected chi connectivity index (χ1v) is 11.1. The van der Waals surface area contributed by atoms with Crippen LogP contribution in [0, 0.1) is 6.92 Å². The van der Waals surface area contributed by atoms with E-state index < -0.39 is 17.0 Å². The minimum absolute atomic E-state index is 0.233. The van der Waals surface area contributed by atoms with Crippen LogP contribution in [0.5, 0.6) is 0 Å². The summed E-state index contributed by atoms with van der Waals surface area (Å²) < 4.78 is 30.8. The first-order chi connectivity index (χ1) is 15.9. The number of aromatic nitrogens is 4. The summed E-state index contributed by atoms with van der Waals surface area (Å²) in [7, 11) is 1.52. The lowest BCUT2D eigenvalue weighted by Gasteiger charge is -2.20. The molecule has 3 heterocycles. The Labute approximate surface area is 190 Å². The SMILES string of the molecule is Cc1c(Nc2ncc3ccc(-c4ccccc4CN(C)S(=O)[O-])n3n2)ccc2[nH]c(=O)oc12. The first-order valence-electron chi connectivity index (χ1n) is 10.0. The largest absolute Gasteiger partial charge is 0.760 e. The number of hydrogen-bond acceptors (Lipinski definition) is 7. The third-order valence-electron chi connectivity index (χ3n) is 5.42. The molecule has 33 heavy (non-hydrogen) atoms. The molecule has 0 spiro atoms. The zero-order valence-corrected chi connectivity index (χ0v) is 18.5. The topological polar surface area (TPSA) is 132 Å². The van der Waals surface area contributed by atoms with Crippen molar-refractivity contribution in [3.05, 3.63) is 76.4 Å². The van der Waals surface area contributed by atoms with Gasteiger partial charge in [0.2, 0.25) is 5.95 Å². The molecule has 3 aromatic heterocycles. The van der Waals surface area contributed by atoms with Gasteiger partial charge in [0.1, 0.15) is 0 Å². The van der Waals surface area contributed by atoms with Crippen LogP contribution in [0.2, 0.25) is 0 Å². The number of fused-ring (bicyclic) bond motifs is 2. The number of hydrogen-bond donors (Lipinski definition) is 2. The van der Waals surface area contributed by atoms with Gasteiger partial charge in [-0.3, -0.25) is 9.19 Å². The summed E-state index contributed by atoms with van der Waals surface area (Å²) in [6, 6.07) is 15.0. The normalized spacial score (nSPS) is 12.6. The molecule has 2 aromatic carbocycles. The molecule has 0 saturated heterocycles. The third kappa shape index (κ3) is 3.93. The zero-order valence-electron chi connectivity index (χ0n) is 17.7. The Kier molecular flexibility index (Phi) is 5.29. The summed E-state index contributed by atoms with van der Waals surface area (Å²) in [6.45, 7) is 2.07. The highest BCUT2D eigenvalue weighted by molar-refractivity contribution is 7.76. The monoisotopic (exact) mass is 463 g/mol. The van der Waals surface area contributed by atoms with E-state index in [4.69, 9.17) is 4.42 Å². The molecule has 10 nitrogen and oxygen atoms in total. The summed E-state index contributed by atoms with van der Waals surface area (Å²) in [6.07, 6.45) is 1.70. The van der Waals surface area contributed by atoms with Crippen LogP contribution in [0.15, 0.2) is 63.9 Å². The predicted molar refractivity (Wildman–Crippen MR) is 124 cm³/mol. The van der Waals surface area contributed by atoms with Gasteiger partial charge in [0.25, 0.3) is 0 Å². The number of H-pyrrole nitrogens is 1. The molecule has 0 aliphatic rings. The standard InChI is InChI=1S/C22H20N6O4S/c1-13-17(8-9-18-20(13)32-22(29)25-18)24-21-23-11-15-7-10-19(28(15)26-21)16-6-4-3-5-14(16)12-27(2)33(30)31/h3-11H,12H2,1-2H3,(H,24,26)(H,25,29)(H,30,31)/p-1. The maximum absolute atomic E-state index is 11.5. The van der Waals surface area contributed by atoms with Gasteiger partial charge >= 0.3 is 5.76 Å². The minimum atomic E-state index is -2.32. The van der Waals surface area contributed by atoms with Crippen molar-refractivity contribution < 1.29 is 13.2 Å². The summed E-state index contributed by atoms with van der Waals surface area (Å²) in [5.41, 5.74) is 5.86. The number of aryl methyl sites for hydroxylation is 1. The highest BCUT2D eigenvalue weighted by Gasteiger charge is 2.14. The number of benzene rings is 2. The summed E-state index contributed by atoms with van der Waals surface area (Å²) in [5.74, 6) is -0.152. The maximum atomic E-state index is 11.5. The van der Waals surface area contributed by atoms with Gasteiger partial charge in [-0.2, -0.15) is 0 Å². The number of oxazole rings is 1. The van der Waals surface area contributed by atoms with Crippen LogP contribution in [-0.4, -0.2) is 39.7 Å². The molecular weight excluding hydrogens is 444 g/mol. The van der Waals surface area contributed by atoms with E-state index in [-0.39, 0.29) is 6.54 Å². The number of nitrogens with zero attached hydrogens (tertiary/aromatic N) is 4. The van der Waals surface area contributed by atoms with Crippen molar-refractivity contribution in [2.45, 2.75) is 13.5 Å². The molecular formula is C22H19N6O4S-. The van der Waals surface area contributed by atoms with E-state index in [1.165, 1.54) is 11.4 Å². The molecule has 1 unspecified atom stereocenters.